The number of carbonyl (C=O) groups excluding carboxylic acids is 2. The Hall–Kier alpha value is -2.51. The molecule has 2 fully saturated rings. The van der Waals surface area contributed by atoms with Crippen molar-refractivity contribution in [3.8, 4) is 0 Å². The fraction of sp³-hybridized carbons (Fsp3) is 0.500. The van der Waals surface area contributed by atoms with Crippen molar-refractivity contribution in [2.45, 2.75) is 44.1 Å². The van der Waals surface area contributed by atoms with Crippen LogP contribution in [0.25, 0.3) is 0 Å². The molecule has 2 saturated heterocycles. The molecule has 2 unspecified atom stereocenters. The van der Waals surface area contributed by atoms with Gasteiger partial charge < -0.3 is 10.2 Å². The lowest BCUT2D eigenvalue weighted by atomic mass is 9.75. The highest BCUT2D eigenvalue weighted by Gasteiger charge is 2.57. The minimum Gasteiger partial charge on any atom is -0.318 e. The highest BCUT2D eigenvalue weighted by Crippen LogP contribution is 2.41. The summed E-state index contributed by atoms with van der Waals surface area (Å²) in [5.74, 6) is 0.633. The standard InChI is InChI=1S/C26H32N4O2S/c31-24-26(23-10-4-5-14-27-23,28-25(32)30(24)17-13-22-9-6-18-33-22)21-11-15-29(16-12-21)19-20-7-2-1-3-8-20/h1-2,4-6,9-10,14,18,20-21H,3,7-8,11-13,15-17,19H2,(H,28,32). The number of rotatable bonds is 7. The SMILES string of the molecule is O=C1NC(c2ccccn2)(C2CCN(CC3CC=CCC3)CC2)C(=O)N1CCc1cccs1. The summed E-state index contributed by atoms with van der Waals surface area (Å²) in [7, 11) is 0. The first-order chi connectivity index (χ1) is 16.2. The number of pyridine rings is 1. The Bertz CT molecular complexity index is 985. The molecule has 1 aliphatic carbocycles. The summed E-state index contributed by atoms with van der Waals surface area (Å²) < 4.78 is 0. The quantitative estimate of drug-likeness (QED) is 0.493. The summed E-state index contributed by atoms with van der Waals surface area (Å²) in [4.78, 5) is 36.6. The zero-order chi connectivity index (χ0) is 22.7. The van der Waals surface area contributed by atoms with Gasteiger partial charge in [-0.3, -0.25) is 14.7 Å². The van der Waals surface area contributed by atoms with Crippen LogP contribution in [0, 0.1) is 11.8 Å². The van der Waals surface area contributed by atoms with E-state index in [4.69, 9.17) is 0 Å². The van der Waals surface area contributed by atoms with Gasteiger partial charge in [-0.05, 0) is 87.0 Å². The molecule has 0 saturated carbocycles. The van der Waals surface area contributed by atoms with E-state index in [1.807, 2.05) is 35.7 Å². The molecular weight excluding hydrogens is 432 g/mol. The van der Waals surface area contributed by atoms with Gasteiger partial charge in [-0.1, -0.05) is 24.3 Å². The van der Waals surface area contributed by atoms with E-state index >= 15 is 0 Å². The first-order valence-electron chi connectivity index (χ1n) is 12.1. The van der Waals surface area contributed by atoms with Gasteiger partial charge in [-0.25, -0.2) is 4.79 Å². The molecule has 2 aromatic rings. The molecule has 2 aliphatic heterocycles. The Morgan fingerprint density at radius 2 is 1.97 bits per heavy atom. The molecule has 3 aliphatic rings. The van der Waals surface area contributed by atoms with Crippen LogP contribution in [0.2, 0.25) is 0 Å². The highest BCUT2D eigenvalue weighted by atomic mass is 32.1. The first kappa shape index (κ1) is 22.3. The number of amides is 3. The summed E-state index contributed by atoms with van der Waals surface area (Å²) in [6.45, 7) is 3.43. The van der Waals surface area contributed by atoms with Crippen LogP contribution >= 0.6 is 11.3 Å². The van der Waals surface area contributed by atoms with Crippen molar-refractivity contribution in [2.24, 2.45) is 11.8 Å². The molecule has 0 radical (unpaired) electrons. The number of hydrogen-bond acceptors (Lipinski definition) is 5. The molecule has 3 amide bonds. The summed E-state index contributed by atoms with van der Waals surface area (Å²) >= 11 is 1.66. The third kappa shape index (κ3) is 4.49. The molecule has 33 heavy (non-hydrogen) atoms. The van der Waals surface area contributed by atoms with Crippen molar-refractivity contribution in [1.82, 2.24) is 20.1 Å². The van der Waals surface area contributed by atoms with Gasteiger partial charge in [0.15, 0.2) is 5.54 Å². The molecule has 5 rings (SSSR count). The lowest BCUT2D eigenvalue weighted by molar-refractivity contribution is -0.134. The number of hydrogen-bond donors (Lipinski definition) is 1. The van der Waals surface area contributed by atoms with Gasteiger partial charge in [0.25, 0.3) is 5.91 Å². The number of urea groups is 1. The third-order valence-electron chi connectivity index (χ3n) is 7.46. The molecule has 0 spiro atoms. The molecule has 2 aromatic heterocycles. The number of imide groups is 1. The molecular formula is C26H32N4O2S. The van der Waals surface area contributed by atoms with E-state index in [-0.39, 0.29) is 17.9 Å². The van der Waals surface area contributed by atoms with Gasteiger partial charge in [0.1, 0.15) is 0 Å². The van der Waals surface area contributed by atoms with Crippen molar-refractivity contribution in [3.05, 3.63) is 64.6 Å². The van der Waals surface area contributed by atoms with Crippen molar-refractivity contribution in [3.63, 3.8) is 0 Å². The fourth-order valence-electron chi connectivity index (χ4n) is 5.67. The van der Waals surface area contributed by atoms with Crippen molar-refractivity contribution in [2.75, 3.05) is 26.2 Å². The summed E-state index contributed by atoms with van der Waals surface area (Å²) in [6, 6.07) is 9.41. The van der Waals surface area contributed by atoms with E-state index in [9.17, 15) is 9.59 Å². The first-order valence-corrected chi connectivity index (χ1v) is 13.0. The van der Waals surface area contributed by atoms with E-state index in [0.29, 0.717) is 18.7 Å². The minimum absolute atomic E-state index is 0.0399. The minimum atomic E-state index is -1.06. The number of thiophene rings is 1. The molecule has 6 nitrogen and oxygen atoms in total. The number of carbonyl (C=O) groups is 2. The van der Waals surface area contributed by atoms with Gasteiger partial charge in [-0.2, -0.15) is 0 Å². The monoisotopic (exact) mass is 464 g/mol. The van der Waals surface area contributed by atoms with Gasteiger partial charge in [0, 0.05) is 24.2 Å². The predicted octanol–water partition coefficient (Wildman–Crippen LogP) is 4.20. The lowest BCUT2D eigenvalue weighted by Crippen LogP contribution is -2.54. The van der Waals surface area contributed by atoms with Crippen LogP contribution in [0.15, 0.2) is 54.1 Å². The van der Waals surface area contributed by atoms with Crippen LogP contribution in [0.4, 0.5) is 4.79 Å². The summed E-state index contributed by atoms with van der Waals surface area (Å²) in [5.41, 5.74) is -0.397. The Labute approximate surface area is 199 Å². The van der Waals surface area contributed by atoms with E-state index in [1.54, 1.807) is 17.5 Å². The molecule has 0 aromatic carbocycles. The van der Waals surface area contributed by atoms with E-state index in [2.05, 4.69) is 27.4 Å². The third-order valence-corrected chi connectivity index (χ3v) is 8.39. The topological polar surface area (TPSA) is 65.5 Å². The van der Waals surface area contributed by atoms with Crippen LogP contribution in [-0.2, 0) is 16.8 Å². The Kier molecular flexibility index (Phi) is 6.60. The number of piperidine rings is 1. The Morgan fingerprint density at radius 1 is 1.09 bits per heavy atom. The Morgan fingerprint density at radius 3 is 2.67 bits per heavy atom. The molecule has 174 valence electrons. The van der Waals surface area contributed by atoms with Crippen LogP contribution in [0.1, 0.15) is 42.7 Å². The summed E-state index contributed by atoms with van der Waals surface area (Å²) in [6.07, 6.45) is 12.4. The lowest BCUT2D eigenvalue weighted by Gasteiger charge is -2.41. The second-order valence-corrected chi connectivity index (χ2v) is 10.5. The van der Waals surface area contributed by atoms with Gasteiger partial charge in [0.05, 0.1) is 5.69 Å². The van der Waals surface area contributed by atoms with Crippen LogP contribution < -0.4 is 5.32 Å². The predicted molar refractivity (Wildman–Crippen MR) is 130 cm³/mol. The number of likely N-dealkylation sites (tertiary alicyclic amines) is 1. The zero-order valence-corrected chi connectivity index (χ0v) is 19.8. The number of nitrogens with one attached hydrogen (secondary N) is 1. The van der Waals surface area contributed by atoms with Crippen LogP contribution in [0.5, 0.6) is 0 Å². The van der Waals surface area contributed by atoms with Gasteiger partial charge in [0.2, 0.25) is 0 Å². The molecule has 2 atom stereocenters. The number of aromatic nitrogens is 1. The Balaban J connectivity index is 1.33. The van der Waals surface area contributed by atoms with Crippen LogP contribution in [-0.4, -0.2) is 52.9 Å². The van der Waals surface area contributed by atoms with Crippen LogP contribution in [0.3, 0.4) is 0 Å². The van der Waals surface area contributed by atoms with Crippen molar-refractivity contribution >= 4 is 23.3 Å². The van der Waals surface area contributed by atoms with E-state index < -0.39 is 5.54 Å². The van der Waals surface area contributed by atoms with Gasteiger partial charge >= 0.3 is 6.03 Å². The van der Waals surface area contributed by atoms with Crippen molar-refractivity contribution < 1.29 is 9.59 Å². The molecule has 4 heterocycles. The van der Waals surface area contributed by atoms with E-state index in [0.717, 1.165) is 38.4 Å². The van der Waals surface area contributed by atoms with Crippen molar-refractivity contribution in [1.29, 1.82) is 0 Å². The second kappa shape index (κ2) is 9.77. The summed E-state index contributed by atoms with van der Waals surface area (Å²) in [5, 5.41) is 5.15. The maximum atomic E-state index is 13.9. The average molecular weight is 465 g/mol. The number of allylic oxidation sites excluding steroid dienone is 2. The average Bonchev–Trinajstić information content (AvgIpc) is 3.46. The van der Waals surface area contributed by atoms with Gasteiger partial charge in [-0.15, -0.1) is 11.3 Å². The second-order valence-electron chi connectivity index (χ2n) is 9.46. The fourth-order valence-corrected chi connectivity index (χ4v) is 6.36. The zero-order valence-electron chi connectivity index (χ0n) is 19.0. The normalized spacial score (nSPS) is 26.7. The smallest absolute Gasteiger partial charge is 0.318 e. The highest BCUT2D eigenvalue weighted by molar-refractivity contribution is 7.09. The maximum absolute atomic E-state index is 13.9. The number of nitrogens with zero attached hydrogens (tertiary/aromatic N) is 3. The maximum Gasteiger partial charge on any atom is 0.325 e. The largest absolute Gasteiger partial charge is 0.325 e. The molecule has 1 N–H and O–H groups in total. The molecule has 0 bridgehead atoms. The molecule has 7 heteroatoms. The van der Waals surface area contributed by atoms with E-state index in [1.165, 1.54) is 29.0 Å².